The number of ether oxygens (including phenoxy) is 2. The normalized spacial score (nSPS) is 32.8. The number of hydrogen-bond acceptors (Lipinski definition) is 3. The Morgan fingerprint density at radius 3 is 2.41 bits per heavy atom. The maximum atomic E-state index is 6.68. The van der Waals surface area contributed by atoms with Gasteiger partial charge in [0, 0.05) is 12.1 Å². The van der Waals surface area contributed by atoms with Crippen LogP contribution in [0.25, 0.3) is 0 Å². The van der Waals surface area contributed by atoms with Crippen molar-refractivity contribution in [2.45, 2.75) is 78.0 Å². The first-order valence-corrected chi connectivity index (χ1v) is 12.4. The molecular weight excluding hydrogens is 418 g/mol. The van der Waals surface area contributed by atoms with Gasteiger partial charge in [0.25, 0.3) is 0 Å². The molecule has 4 aliphatic rings. The number of methoxy groups -OCH3 is 1. The van der Waals surface area contributed by atoms with E-state index in [9.17, 15) is 0 Å². The van der Waals surface area contributed by atoms with E-state index < -0.39 is 0 Å². The van der Waals surface area contributed by atoms with Gasteiger partial charge in [-0.15, -0.1) is 0 Å². The number of aryl methyl sites for hydroxylation is 1. The van der Waals surface area contributed by atoms with Crippen LogP contribution >= 0.6 is 11.6 Å². The molecule has 0 aromatic heterocycles. The van der Waals surface area contributed by atoms with Crippen LogP contribution in [-0.4, -0.2) is 12.6 Å². The third kappa shape index (κ3) is 4.26. The summed E-state index contributed by atoms with van der Waals surface area (Å²) < 4.78 is 11.8. The summed E-state index contributed by atoms with van der Waals surface area (Å²) in [5, 5.41) is 4.61. The van der Waals surface area contributed by atoms with Crippen LogP contribution < -0.4 is 14.8 Å². The average molecular weight is 454 g/mol. The van der Waals surface area contributed by atoms with Gasteiger partial charge in [0.1, 0.15) is 6.61 Å². The van der Waals surface area contributed by atoms with Crippen LogP contribution in [0.4, 0.5) is 0 Å². The molecule has 0 heterocycles. The van der Waals surface area contributed by atoms with Crippen LogP contribution in [0.1, 0.15) is 69.1 Å². The molecule has 4 fully saturated rings. The van der Waals surface area contributed by atoms with Crippen molar-refractivity contribution in [1.82, 2.24) is 5.32 Å². The highest BCUT2D eigenvalue weighted by atomic mass is 35.5. The van der Waals surface area contributed by atoms with Gasteiger partial charge in [-0.2, -0.15) is 0 Å². The zero-order valence-electron chi connectivity index (χ0n) is 19.9. The van der Waals surface area contributed by atoms with Crippen LogP contribution in [0.15, 0.2) is 36.4 Å². The second kappa shape index (κ2) is 7.95. The lowest BCUT2D eigenvalue weighted by Crippen LogP contribution is -2.63. The van der Waals surface area contributed by atoms with E-state index in [2.05, 4.69) is 50.4 Å². The highest BCUT2D eigenvalue weighted by molar-refractivity contribution is 6.32. The van der Waals surface area contributed by atoms with Crippen molar-refractivity contribution < 1.29 is 9.47 Å². The van der Waals surface area contributed by atoms with Gasteiger partial charge in [-0.05, 0) is 85.5 Å². The molecule has 2 aromatic carbocycles. The van der Waals surface area contributed by atoms with Crippen molar-refractivity contribution in [2.75, 3.05) is 7.11 Å². The Bertz CT molecular complexity index is 1000. The number of halogens is 1. The number of rotatable bonds is 7. The fraction of sp³-hybridized carbons (Fsp3) is 0.571. The molecule has 0 radical (unpaired) electrons. The van der Waals surface area contributed by atoms with Crippen LogP contribution in [0.5, 0.6) is 11.5 Å². The predicted octanol–water partition coefficient (Wildman–Crippen LogP) is 7.07. The Hall–Kier alpha value is -1.71. The second-order valence-corrected chi connectivity index (χ2v) is 12.1. The van der Waals surface area contributed by atoms with E-state index in [1.54, 1.807) is 7.11 Å². The molecule has 0 saturated heterocycles. The topological polar surface area (TPSA) is 30.5 Å². The van der Waals surface area contributed by atoms with Gasteiger partial charge in [-0.3, -0.25) is 0 Å². The maximum absolute atomic E-state index is 6.68. The molecule has 4 bridgehead atoms. The largest absolute Gasteiger partial charge is 0.493 e. The molecule has 4 saturated carbocycles. The first kappa shape index (κ1) is 22.1. The standard InChI is InChI=1S/C28H36ClNO2/c1-19-6-5-7-20(8-19)15-32-25-23(29)9-21(10-24(25)31-4)14-30-28-13-22-11-26(2,17-28)16-27(3,12-22)18-28/h5-10,22,30H,11-18H2,1-4H3. The van der Waals surface area contributed by atoms with E-state index in [0.717, 1.165) is 23.6 Å². The third-order valence-corrected chi connectivity index (χ3v) is 8.33. The van der Waals surface area contributed by atoms with Gasteiger partial charge in [-0.1, -0.05) is 55.3 Å². The molecule has 0 aliphatic heterocycles. The Morgan fingerprint density at radius 2 is 1.75 bits per heavy atom. The molecule has 2 atom stereocenters. The van der Waals surface area contributed by atoms with Gasteiger partial charge >= 0.3 is 0 Å². The summed E-state index contributed by atoms with van der Waals surface area (Å²) in [5.41, 5.74) is 4.77. The van der Waals surface area contributed by atoms with Gasteiger partial charge in [0.2, 0.25) is 0 Å². The monoisotopic (exact) mass is 453 g/mol. The lowest BCUT2D eigenvalue weighted by Gasteiger charge is -2.65. The minimum atomic E-state index is 0.267. The maximum Gasteiger partial charge on any atom is 0.180 e. The van der Waals surface area contributed by atoms with E-state index in [1.165, 1.54) is 44.1 Å². The molecule has 2 aromatic rings. The summed E-state index contributed by atoms with van der Waals surface area (Å²) >= 11 is 6.68. The van der Waals surface area contributed by atoms with Gasteiger partial charge < -0.3 is 14.8 Å². The SMILES string of the molecule is COc1cc(CNC23CC4CC(C)(CC(C)(C4)C2)C3)cc(Cl)c1OCc1cccc(C)c1. The quantitative estimate of drug-likeness (QED) is 0.486. The Kier molecular flexibility index (Phi) is 5.49. The molecule has 2 unspecified atom stereocenters. The molecule has 172 valence electrons. The van der Waals surface area contributed by atoms with Crippen molar-refractivity contribution >= 4 is 11.6 Å². The summed E-state index contributed by atoms with van der Waals surface area (Å²) in [5.74, 6) is 2.20. The lowest BCUT2D eigenvalue weighted by atomic mass is 9.43. The highest BCUT2D eigenvalue weighted by Crippen LogP contribution is 2.66. The Balaban J connectivity index is 1.30. The first-order valence-electron chi connectivity index (χ1n) is 12.0. The van der Waals surface area contributed by atoms with Crippen molar-refractivity contribution in [3.8, 4) is 11.5 Å². The molecule has 1 N–H and O–H groups in total. The van der Waals surface area contributed by atoms with Crippen molar-refractivity contribution in [3.63, 3.8) is 0 Å². The predicted molar refractivity (Wildman–Crippen MR) is 130 cm³/mol. The van der Waals surface area contributed by atoms with Gasteiger partial charge in [0.05, 0.1) is 12.1 Å². The minimum absolute atomic E-state index is 0.267. The number of nitrogens with one attached hydrogen (secondary N) is 1. The summed E-state index contributed by atoms with van der Waals surface area (Å²) in [6.45, 7) is 8.41. The molecule has 32 heavy (non-hydrogen) atoms. The fourth-order valence-electron chi connectivity index (χ4n) is 7.91. The molecule has 3 nitrogen and oxygen atoms in total. The molecule has 6 rings (SSSR count). The Labute approximate surface area is 197 Å². The molecule has 0 amide bonds. The van der Waals surface area contributed by atoms with Crippen LogP contribution in [-0.2, 0) is 13.2 Å². The van der Waals surface area contributed by atoms with E-state index in [1.807, 2.05) is 12.1 Å². The lowest BCUT2D eigenvalue weighted by molar-refractivity contribution is -0.118. The van der Waals surface area contributed by atoms with Crippen LogP contribution in [0.2, 0.25) is 5.02 Å². The summed E-state index contributed by atoms with van der Waals surface area (Å²) in [6, 6.07) is 12.4. The number of benzene rings is 2. The molecule has 4 heteroatoms. The second-order valence-electron chi connectivity index (χ2n) is 11.7. The number of hydrogen-bond donors (Lipinski definition) is 1. The molecule has 0 spiro atoms. The zero-order valence-corrected chi connectivity index (χ0v) is 20.6. The highest BCUT2D eigenvalue weighted by Gasteiger charge is 2.59. The minimum Gasteiger partial charge on any atom is -0.493 e. The van der Waals surface area contributed by atoms with E-state index >= 15 is 0 Å². The van der Waals surface area contributed by atoms with Crippen LogP contribution in [0, 0.1) is 23.7 Å². The van der Waals surface area contributed by atoms with Gasteiger partial charge in [0.15, 0.2) is 11.5 Å². The van der Waals surface area contributed by atoms with E-state index in [0.29, 0.717) is 34.0 Å². The third-order valence-electron chi connectivity index (χ3n) is 8.05. The van der Waals surface area contributed by atoms with E-state index in [-0.39, 0.29) is 5.54 Å². The van der Waals surface area contributed by atoms with Crippen LogP contribution in [0.3, 0.4) is 0 Å². The van der Waals surface area contributed by atoms with Crippen molar-refractivity contribution in [1.29, 1.82) is 0 Å². The fourth-order valence-corrected chi connectivity index (χ4v) is 8.20. The molecule has 4 aliphatic carbocycles. The Morgan fingerprint density at radius 1 is 1.00 bits per heavy atom. The summed E-state index contributed by atoms with van der Waals surface area (Å²) in [4.78, 5) is 0. The average Bonchev–Trinajstić information content (AvgIpc) is 2.68. The van der Waals surface area contributed by atoms with Crippen molar-refractivity contribution in [3.05, 3.63) is 58.1 Å². The zero-order chi connectivity index (χ0) is 22.6. The molecular formula is C28H36ClNO2. The van der Waals surface area contributed by atoms with Crippen molar-refractivity contribution in [2.24, 2.45) is 16.7 Å². The van der Waals surface area contributed by atoms with E-state index in [4.69, 9.17) is 21.1 Å². The van der Waals surface area contributed by atoms with Gasteiger partial charge in [-0.25, -0.2) is 0 Å². The summed E-state index contributed by atoms with van der Waals surface area (Å²) in [7, 11) is 1.68. The first-order chi connectivity index (χ1) is 15.2. The summed E-state index contributed by atoms with van der Waals surface area (Å²) in [6.07, 6.45) is 8.15. The smallest absolute Gasteiger partial charge is 0.180 e.